The van der Waals surface area contributed by atoms with Gasteiger partial charge in [-0.3, -0.25) is 14.8 Å². The zero-order chi connectivity index (χ0) is 18.5. The number of aliphatic hydroxyl groups excluding tert-OH is 1. The lowest BCUT2D eigenvalue weighted by Crippen LogP contribution is -2.65. The molecule has 6 nitrogen and oxygen atoms in total. The molecule has 2 unspecified atom stereocenters. The minimum atomic E-state index is -0.475. The average Bonchev–Trinajstić information content (AvgIpc) is 3.17. The maximum Gasteiger partial charge on any atom is 0.251 e. The van der Waals surface area contributed by atoms with E-state index < -0.39 is 6.10 Å². The molecule has 1 aromatic heterocycles. The van der Waals surface area contributed by atoms with E-state index in [1.807, 2.05) is 12.1 Å². The number of nitrogens with zero attached hydrogens (tertiary/aromatic N) is 2. The summed E-state index contributed by atoms with van der Waals surface area (Å²) >= 11 is 0. The van der Waals surface area contributed by atoms with Crippen molar-refractivity contribution in [3.63, 3.8) is 0 Å². The van der Waals surface area contributed by atoms with Crippen molar-refractivity contribution in [1.82, 2.24) is 20.4 Å². The molecule has 4 rings (SSSR count). The summed E-state index contributed by atoms with van der Waals surface area (Å²) in [6, 6.07) is 5.81. The molecule has 2 aromatic rings. The molecule has 1 saturated heterocycles. The summed E-state index contributed by atoms with van der Waals surface area (Å²) in [5.41, 5.74) is 1.65. The van der Waals surface area contributed by atoms with Crippen LogP contribution < -0.4 is 5.32 Å². The Kier molecular flexibility index (Phi) is 4.28. The summed E-state index contributed by atoms with van der Waals surface area (Å²) in [6.07, 6.45) is 2.87. The van der Waals surface area contributed by atoms with Crippen LogP contribution in [-0.2, 0) is 0 Å². The molecule has 26 heavy (non-hydrogen) atoms. The van der Waals surface area contributed by atoms with Crippen LogP contribution in [0.25, 0.3) is 10.9 Å². The zero-order valence-corrected chi connectivity index (χ0v) is 15.7. The van der Waals surface area contributed by atoms with Crippen molar-refractivity contribution in [2.24, 2.45) is 11.3 Å². The number of carbonyl (C=O) groups is 1. The zero-order valence-electron chi connectivity index (χ0n) is 15.7. The van der Waals surface area contributed by atoms with Gasteiger partial charge in [-0.1, -0.05) is 20.8 Å². The summed E-state index contributed by atoms with van der Waals surface area (Å²) in [5.74, 6) is 0.427. The van der Waals surface area contributed by atoms with Gasteiger partial charge in [-0.25, -0.2) is 0 Å². The van der Waals surface area contributed by atoms with Gasteiger partial charge in [0, 0.05) is 29.0 Å². The minimum Gasteiger partial charge on any atom is -0.391 e. The Morgan fingerprint density at radius 3 is 3.00 bits per heavy atom. The number of fused-ring (bicyclic) bond motifs is 1. The molecule has 1 saturated carbocycles. The van der Waals surface area contributed by atoms with Crippen molar-refractivity contribution in [1.29, 1.82) is 0 Å². The van der Waals surface area contributed by atoms with E-state index in [9.17, 15) is 9.90 Å². The van der Waals surface area contributed by atoms with E-state index in [1.54, 1.807) is 12.3 Å². The highest BCUT2D eigenvalue weighted by molar-refractivity contribution is 5.98. The largest absolute Gasteiger partial charge is 0.391 e. The second kappa shape index (κ2) is 6.35. The lowest BCUT2D eigenvalue weighted by atomic mass is 9.65. The molecule has 1 spiro atoms. The predicted octanol–water partition coefficient (Wildman–Crippen LogP) is 2.16. The Hall–Kier alpha value is -1.92. The highest BCUT2D eigenvalue weighted by Gasteiger charge is 2.58. The number of aromatic amines is 1. The summed E-state index contributed by atoms with van der Waals surface area (Å²) in [4.78, 5) is 15.2. The maximum atomic E-state index is 12.7. The molecule has 4 atom stereocenters. The second-order valence-electron chi connectivity index (χ2n) is 8.34. The number of carbonyl (C=O) groups excluding carboxylic acids is 1. The number of benzene rings is 1. The second-order valence-corrected chi connectivity index (χ2v) is 8.34. The molecule has 140 valence electrons. The highest BCUT2D eigenvalue weighted by atomic mass is 16.3. The van der Waals surface area contributed by atoms with E-state index in [-0.39, 0.29) is 17.4 Å². The van der Waals surface area contributed by atoms with Gasteiger partial charge in [0.15, 0.2) is 0 Å². The normalized spacial score (nSPS) is 31.7. The van der Waals surface area contributed by atoms with Gasteiger partial charge < -0.3 is 10.4 Å². The molecular weight excluding hydrogens is 328 g/mol. The number of aliphatic hydroxyl groups is 1. The summed E-state index contributed by atoms with van der Waals surface area (Å²) < 4.78 is 0. The first-order chi connectivity index (χ1) is 12.4. The van der Waals surface area contributed by atoms with Gasteiger partial charge in [0.05, 0.1) is 23.9 Å². The molecule has 2 aliphatic rings. The van der Waals surface area contributed by atoms with Crippen LogP contribution in [0.3, 0.4) is 0 Å². The summed E-state index contributed by atoms with van der Waals surface area (Å²) in [5, 5.41) is 21.5. The van der Waals surface area contributed by atoms with Gasteiger partial charge in [0.2, 0.25) is 0 Å². The highest BCUT2D eigenvalue weighted by Crippen LogP contribution is 2.52. The molecule has 1 aliphatic heterocycles. The van der Waals surface area contributed by atoms with E-state index in [2.05, 4.69) is 41.2 Å². The number of likely N-dealkylation sites (tertiary alicyclic amines) is 1. The molecule has 6 heteroatoms. The monoisotopic (exact) mass is 356 g/mol. The van der Waals surface area contributed by atoms with Crippen LogP contribution in [0.2, 0.25) is 0 Å². The van der Waals surface area contributed by atoms with Crippen molar-refractivity contribution in [2.75, 3.05) is 13.1 Å². The number of nitrogens with one attached hydrogen (secondary N) is 2. The molecule has 1 amide bonds. The molecule has 2 fully saturated rings. The molecule has 0 radical (unpaired) electrons. The molecular formula is C20H28N4O2. The van der Waals surface area contributed by atoms with Crippen molar-refractivity contribution in [3.8, 4) is 0 Å². The van der Waals surface area contributed by atoms with Gasteiger partial charge in [0.25, 0.3) is 5.91 Å². The number of H-pyrrole nitrogens is 1. The van der Waals surface area contributed by atoms with E-state index in [0.29, 0.717) is 17.5 Å². The number of amides is 1. The Labute approximate surface area is 154 Å². The quantitative estimate of drug-likeness (QED) is 0.784. The van der Waals surface area contributed by atoms with Crippen molar-refractivity contribution >= 4 is 16.8 Å². The fourth-order valence-corrected chi connectivity index (χ4v) is 5.38. The summed E-state index contributed by atoms with van der Waals surface area (Å²) in [7, 11) is 0. The fraction of sp³-hybridized carbons (Fsp3) is 0.600. The standard InChI is InChI=1S/C20H28N4O2/c1-4-24-11-20(18(24)12(2)3)8-16(17(25)9-20)22-19(26)13-5-6-15-14(7-13)10-21-23-15/h5-7,10,12,16-18,25H,4,8-9,11H2,1-3H3,(H,21,23)(H,22,26)/t16-,17-,18?,20?/m1/s1. The minimum absolute atomic E-state index is 0.123. The number of rotatable bonds is 4. The number of hydrogen-bond acceptors (Lipinski definition) is 4. The van der Waals surface area contributed by atoms with Crippen LogP contribution in [0.4, 0.5) is 0 Å². The SMILES string of the molecule is CCN1CC2(C[C@@H](O)[C@H](NC(=O)c3ccc4[nH]ncc4c3)C2)C1C(C)C. The number of hydrogen-bond donors (Lipinski definition) is 3. The predicted molar refractivity (Wildman–Crippen MR) is 101 cm³/mol. The third-order valence-electron chi connectivity index (χ3n) is 6.30. The van der Waals surface area contributed by atoms with Crippen LogP contribution in [0, 0.1) is 11.3 Å². The number of aromatic nitrogens is 2. The van der Waals surface area contributed by atoms with Gasteiger partial charge >= 0.3 is 0 Å². The van der Waals surface area contributed by atoms with Crippen LogP contribution in [-0.4, -0.2) is 57.4 Å². The van der Waals surface area contributed by atoms with E-state index in [4.69, 9.17) is 0 Å². The first kappa shape index (κ1) is 17.5. The van der Waals surface area contributed by atoms with Crippen LogP contribution >= 0.6 is 0 Å². The van der Waals surface area contributed by atoms with Crippen LogP contribution in [0.5, 0.6) is 0 Å². The molecule has 2 heterocycles. The Balaban J connectivity index is 1.47. The fourth-order valence-electron chi connectivity index (χ4n) is 5.38. The van der Waals surface area contributed by atoms with Gasteiger partial charge in [-0.15, -0.1) is 0 Å². The Bertz CT molecular complexity index is 817. The molecule has 0 bridgehead atoms. The van der Waals surface area contributed by atoms with Crippen molar-refractivity contribution in [3.05, 3.63) is 30.0 Å². The molecule has 3 N–H and O–H groups in total. The Morgan fingerprint density at radius 2 is 2.27 bits per heavy atom. The van der Waals surface area contributed by atoms with E-state index >= 15 is 0 Å². The lowest BCUT2D eigenvalue weighted by molar-refractivity contribution is -0.0963. The lowest BCUT2D eigenvalue weighted by Gasteiger charge is -2.58. The smallest absolute Gasteiger partial charge is 0.251 e. The average molecular weight is 356 g/mol. The van der Waals surface area contributed by atoms with Gasteiger partial charge in [-0.05, 0) is 43.5 Å². The van der Waals surface area contributed by atoms with Crippen molar-refractivity contribution < 1.29 is 9.90 Å². The Morgan fingerprint density at radius 1 is 1.46 bits per heavy atom. The third-order valence-corrected chi connectivity index (χ3v) is 6.30. The summed E-state index contributed by atoms with van der Waals surface area (Å²) in [6.45, 7) is 8.78. The van der Waals surface area contributed by atoms with Gasteiger partial charge in [0.1, 0.15) is 0 Å². The first-order valence-electron chi connectivity index (χ1n) is 9.59. The maximum absolute atomic E-state index is 12.7. The molecule has 1 aromatic carbocycles. The van der Waals surface area contributed by atoms with Crippen molar-refractivity contribution in [2.45, 2.75) is 51.8 Å². The topological polar surface area (TPSA) is 81.2 Å². The van der Waals surface area contributed by atoms with Crippen LogP contribution in [0.15, 0.2) is 24.4 Å². The van der Waals surface area contributed by atoms with Gasteiger partial charge in [-0.2, -0.15) is 5.10 Å². The van der Waals surface area contributed by atoms with Crippen LogP contribution in [0.1, 0.15) is 44.0 Å². The molecule has 1 aliphatic carbocycles. The van der Waals surface area contributed by atoms with E-state index in [0.717, 1.165) is 36.8 Å². The first-order valence-corrected chi connectivity index (χ1v) is 9.59. The van der Waals surface area contributed by atoms with E-state index in [1.165, 1.54) is 0 Å². The third kappa shape index (κ3) is 2.72.